The van der Waals surface area contributed by atoms with Crippen molar-refractivity contribution >= 4 is 35.0 Å². The molecular formula is C29H33N3O5. The number of anilines is 3. The van der Waals surface area contributed by atoms with Crippen molar-refractivity contribution in [2.24, 2.45) is 0 Å². The second-order valence-corrected chi connectivity index (χ2v) is 9.07. The zero-order valence-electron chi connectivity index (χ0n) is 21.3. The molecule has 3 amide bonds. The molecule has 37 heavy (non-hydrogen) atoms. The number of carboxylic acid groups (broad SMARTS) is 1. The van der Waals surface area contributed by atoms with Gasteiger partial charge in [0.15, 0.2) is 0 Å². The number of carbonyl (C=O) groups excluding carboxylic acids is 2. The van der Waals surface area contributed by atoms with Crippen molar-refractivity contribution in [2.75, 3.05) is 22.6 Å². The fraction of sp³-hybridized carbons (Fsp3) is 0.276. The number of benzene rings is 3. The maximum absolute atomic E-state index is 12.8. The van der Waals surface area contributed by atoms with Gasteiger partial charge in [-0.05, 0) is 60.2 Å². The van der Waals surface area contributed by atoms with Gasteiger partial charge >= 0.3 is 12.0 Å². The second-order valence-electron chi connectivity index (χ2n) is 9.07. The summed E-state index contributed by atoms with van der Waals surface area (Å²) in [5, 5.41) is 17.4. The number of carboxylic acids is 1. The summed E-state index contributed by atoms with van der Waals surface area (Å²) >= 11 is 0. The molecule has 0 aliphatic carbocycles. The molecule has 8 nitrogen and oxygen atoms in total. The van der Waals surface area contributed by atoms with Gasteiger partial charge in [0, 0.05) is 29.5 Å². The van der Waals surface area contributed by atoms with Crippen molar-refractivity contribution in [2.45, 2.75) is 46.0 Å². The SMILES string of the molecule is Cc1ccccc1NC(=O)Nc1ccc(CC(=O)Nc2cc(OCCCC(=O)O)ccc2C(C)C)cc1. The fourth-order valence-corrected chi connectivity index (χ4v) is 3.73. The number of hydrogen-bond acceptors (Lipinski definition) is 4. The van der Waals surface area contributed by atoms with Gasteiger partial charge in [0.05, 0.1) is 13.0 Å². The van der Waals surface area contributed by atoms with Crippen LogP contribution >= 0.6 is 0 Å². The lowest BCUT2D eigenvalue weighted by Crippen LogP contribution is -2.20. The van der Waals surface area contributed by atoms with Crippen LogP contribution in [0.15, 0.2) is 66.7 Å². The molecule has 0 saturated carbocycles. The van der Waals surface area contributed by atoms with E-state index in [0.717, 1.165) is 22.4 Å². The Hall–Kier alpha value is -4.33. The highest BCUT2D eigenvalue weighted by molar-refractivity contribution is 6.00. The first-order chi connectivity index (χ1) is 17.7. The van der Waals surface area contributed by atoms with E-state index < -0.39 is 5.97 Å². The number of aliphatic carboxylic acids is 1. The Morgan fingerprint density at radius 3 is 2.30 bits per heavy atom. The first-order valence-electron chi connectivity index (χ1n) is 12.2. The first kappa shape index (κ1) is 27.3. The lowest BCUT2D eigenvalue weighted by molar-refractivity contribution is -0.137. The Labute approximate surface area is 217 Å². The minimum Gasteiger partial charge on any atom is -0.494 e. The average molecular weight is 504 g/mol. The molecule has 0 spiro atoms. The quantitative estimate of drug-likeness (QED) is 0.233. The second kappa shape index (κ2) is 13.1. The largest absolute Gasteiger partial charge is 0.494 e. The van der Waals surface area contributed by atoms with E-state index in [-0.39, 0.29) is 37.3 Å². The summed E-state index contributed by atoms with van der Waals surface area (Å²) in [5.41, 5.74) is 4.77. The average Bonchev–Trinajstić information content (AvgIpc) is 2.84. The van der Waals surface area contributed by atoms with Gasteiger partial charge in [0.2, 0.25) is 5.91 Å². The van der Waals surface area contributed by atoms with Crippen molar-refractivity contribution in [1.82, 2.24) is 0 Å². The Kier molecular flexibility index (Phi) is 9.66. The monoisotopic (exact) mass is 503 g/mol. The molecule has 3 rings (SSSR count). The maximum atomic E-state index is 12.8. The fourth-order valence-electron chi connectivity index (χ4n) is 3.73. The van der Waals surface area contributed by atoms with E-state index in [4.69, 9.17) is 9.84 Å². The van der Waals surface area contributed by atoms with E-state index in [1.54, 1.807) is 30.3 Å². The van der Waals surface area contributed by atoms with Gasteiger partial charge in [0.25, 0.3) is 0 Å². The van der Waals surface area contributed by atoms with Gasteiger partial charge in [-0.15, -0.1) is 0 Å². The zero-order valence-corrected chi connectivity index (χ0v) is 21.3. The lowest BCUT2D eigenvalue weighted by Gasteiger charge is -2.16. The highest BCUT2D eigenvalue weighted by atomic mass is 16.5. The minimum absolute atomic E-state index is 0.0410. The van der Waals surface area contributed by atoms with E-state index in [1.165, 1.54) is 0 Å². The number of carbonyl (C=O) groups is 3. The smallest absolute Gasteiger partial charge is 0.323 e. The molecular weight excluding hydrogens is 470 g/mol. The molecule has 0 aliphatic heterocycles. The van der Waals surface area contributed by atoms with E-state index >= 15 is 0 Å². The van der Waals surface area contributed by atoms with Crippen LogP contribution in [-0.4, -0.2) is 29.6 Å². The van der Waals surface area contributed by atoms with Crippen LogP contribution in [-0.2, 0) is 16.0 Å². The summed E-state index contributed by atoms with van der Waals surface area (Å²) in [6, 6.07) is 19.8. The van der Waals surface area contributed by atoms with E-state index in [0.29, 0.717) is 23.5 Å². The summed E-state index contributed by atoms with van der Waals surface area (Å²) in [4.78, 5) is 35.8. The number of rotatable bonds is 11. The molecule has 3 aromatic rings. The number of amides is 3. The molecule has 4 N–H and O–H groups in total. The Bertz CT molecular complexity index is 1240. The Morgan fingerprint density at radius 2 is 1.62 bits per heavy atom. The number of hydrogen-bond donors (Lipinski definition) is 4. The molecule has 0 fully saturated rings. The highest BCUT2D eigenvalue weighted by Gasteiger charge is 2.13. The van der Waals surface area contributed by atoms with Crippen LogP contribution in [0.4, 0.5) is 21.9 Å². The number of para-hydroxylation sites is 1. The Morgan fingerprint density at radius 1 is 0.892 bits per heavy atom. The van der Waals surface area contributed by atoms with Crippen LogP contribution < -0.4 is 20.7 Å². The third-order valence-electron chi connectivity index (χ3n) is 5.69. The van der Waals surface area contributed by atoms with Crippen LogP contribution in [0.1, 0.15) is 49.3 Å². The van der Waals surface area contributed by atoms with Crippen molar-refractivity contribution in [3.63, 3.8) is 0 Å². The molecule has 8 heteroatoms. The maximum Gasteiger partial charge on any atom is 0.323 e. The van der Waals surface area contributed by atoms with Crippen molar-refractivity contribution < 1.29 is 24.2 Å². The molecule has 0 bridgehead atoms. The molecule has 194 valence electrons. The van der Waals surface area contributed by atoms with Crippen molar-refractivity contribution in [3.8, 4) is 5.75 Å². The standard InChI is InChI=1S/C29H33N3O5/c1-19(2)24-15-14-23(37-16-6-9-28(34)35)18-26(24)31-27(33)17-21-10-12-22(13-11-21)30-29(36)32-25-8-5-4-7-20(25)3/h4-5,7-8,10-15,18-19H,6,9,16-17H2,1-3H3,(H,31,33)(H,34,35)(H2,30,32,36). The van der Waals surface area contributed by atoms with Crippen LogP contribution in [0.5, 0.6) is 5.75 Å². The highest BCUT2D eigenvalue weighted by Crippen LogP contribution is 2.29. The van der Waals surface area contributed by atoms with Crippen LogP contribution in [0.2, 0.25) is 0 Å². The summed E-state index contributed by atoms with van der Waals surface area (Å²) in [6.45, 7) is 6.29. The van der Waals surface area contributed by atoms with Gasteiger partial charge in [-0.1, -0.05) is 50.2 Å². The van der Waals surface area contributed by atoms with Gasteiger partial charge in [-0.25, -0.2) is 4.79 Å². The van der Waals surface area contributed by atoms with E-state index in [9.17, 15) is 14.4 Å². The number of urea groups is 1. The molecule has 0 radical (unpaired) electrons. The topological polar surface area (TPSA) is 117 Å². The Balaban J connectivity index is 1.57. The minimum atomic E-state index is -0.860. The number of aryl methyl sites for hydroxylation is 1. The number of ether oxygens (including phenoxy) is 1. The number of nitrogens with one attached hydrogen (secondary N) is 3. The zero-order chi connectivity index (χ0) is 26.8. The van der Waals surface area contributed by atoms with Crippen molar-refractivity contribution in [3.05, 3.63) is 83.4 Å². The van der Waals surface area contributed by atoms with Gasteiger partial charge in [-0.3, -0.25) is 9.59 Å². The van der Waals surface area contributed by atoms with E-state index in [1.807, 2.05) is 57.2 Å². The normalized spacial score (nSPS) is 10.6. The summed E-state index contributed by atoms with van der Waals surface area (Å²) < 4.78 is 5.67. The summed E-state index contributed by atoms with van der Waals surface area (Å²) in [6.07, 6.45) is 0.609. The molecule has 0 saturated heterocycles. The lowest BCUT2D eigenvalue weighted by atomic mass is 10.0. The molecule has 0 heterocycles. The van der Waals surface area contributed by atoms with Crippen LogP contribution in [0.3, 0.4) is 0 Å². The third-order valence-corrected chi connectivity index (χ3v) is 5.69. The summed E-state index contributed by atoms with van der Waals surface area (Å²) in [5.74, 6) is -0.277. The molecule has 0 aliphatic rings. The van der Waals surface area contributed by atoms with Crippen LogP contribution in [0, 0.1) is 6.92 Å². The summed E-state index contributed by atoms with van der Waals surface area (Å²) in [7, 11) is 0. The van der Waals surface area contributed by atoms with Gasteiger partial charge < -0.3 is 25.8 Å². The van der Waals surface area contributed by atoms with E-state index in [2.05, 4.69) is 16.0 Å². The van der Waals surface area contributed by atoms with Crippen LogP contribution in [0.25, 0.3) is 0 Å². The van der Waals surface area contributed by atoms with Gasteiger partial charge in [0.1, 0.15) is 5.75 Å². The van der Waals surface area contributed by atoms with Gasteiger partial charge in [-0.2, -0.15) is 0 Å². The van der Waals surface area contributed by atoms with Crippen molar-refractivity contribution in [1.29, 1.82) is 0 Å². The molecule has 3 aromatic carbocycles. The molecule has 0 atom stereocenters. The first-order valence-corrected chi connectivity index (χ1v) is 12.2. The predicted octanol–water partition coefficient (Wildman–Crippen LogP) is 6.19. The third kappa shape index (κ3) is 8.68. The molecule has 0 aromatic heterocycles. The molecule has 0 unspecified atom stereocenters. The predicted molar refractivity (Wildman–Crippen MR) is 145 cm³/mol.